The fourth-order valence-corrected chi connectivity index (χ4v) is 6.15. The summed E-state index contributed by atoms with van der Waals surface area (Å²) in [5, 5.41) is 19.2. The van der Waals surface area contributed by atoms with Crippen LogP contribution in [0.25, 0.3) is 0 Å². The Balaban J connectivity index is 1.10. The molecule has 29 heavy (non-hydrogen) atoms. The summed E-state index contributed by atoms with van der Waals surface area (Å²) in [7, 11) is 0. The van der Waals surface area contributed by atoms with Gasteiger partial charge in [0, 0.05) is 11.8 Å². The van der Waals surface area contributed by atoms with Gasteiger partial charge in [-0.2, -0.15) is 0 Å². The highest BCUT2D eigenvalue weighted by molar-refractivity contribution is 5.48. The number of aliphatic hydroxyl groups is 2. The van der Waals surface area contributed by atoms with Crippen molar-refractivity contribution in [1.29, 1.82) is 0 Å². The normalized spacial score (nSPS) is 32.6. The van der Waals surface area contributed by atoms with Crippen LogP contribution in [0.1, 0.15) is 129 Å². The molecule has 0 amide bonds. The molecule has 0 aromatic heterocycles. The van der Waals surface area contributed by atoms with Crippen molar-refractivity contribution in [3.63, 3.8) is 0 Å². The summed E-state index contributed by atoms with van der Waals surface area (Å²) < 4.78 is 6.28. The molecule has 2 saturated carbocycles. The Morgan fingerprint density at radius 1 is 0.759 bits per heavy atom. The minimum absolute atomic E-state index is 0.0933. The highest BCUT2D eigenvalue weighted by atomic mass is 16.6. The Labute approximate surface area is 180 Å². The molecular formula is C26H48O3. The molecule has 0 bridgehead atoms. The van der Waals surface area contributed by atoms with E-state index >= 15 is 0 Å². The number of unbranched alkanes of at least 4 members (excludes halogenated alkanes) is 12. The first-order valence-electron chi connectivity index (χ1n) is 13.0. The van der Waals surface area contributed by atoms with Crippen molar-refractivity contribution < 1.29 is 14.9 Å². The lowest BCUT2D eigenvalue weighted by molar-refractivity contribution is -0.181. The van der Waals surface area contributed by atoms with Crippen LogP contribution in [0.15, 0.2) is 0 Å². The molecule has 0 radical (unpaired) electrons. The van der Waals surface area contributed by atoms with Crippen molar-refractivity contribution in [3.05, 3.63) is 0 Å². The van der Waals surface area contributed by atoms with Gasteiger partial charge in [0.05, 0.1) is 23.9 Å². The molecule has 3 fully saturated rings. The van der Waals surface area contributed by atoms with Gasteiger partial charge in [0.15, 0.2) is 0 Å². The van der Waals surface area contributed by atoms with Crippen LogP contribution in [0.3, 0.4) is 0 Å². The zero-order valence-electron chi connectivity index (χ0n) is 19.4. The average Bonchev–Trinajstić information content (AvgIpc) is 3.43. The first-order chi connectivity index (χ1) is 14.0. The predicted octanol–water partition coefficient (Wildman–Crippen LogP) is 6.54. The Hall–Kier alpha value is -0.120. The van der Waals surface area contributed by atoms with E-state index in [1.807, 2.05) is 0 Å². The molecule has 2 N–H and O–H groups in total. The lowest BCUT2D eigenvalue weighted by Gasteiger charge is -2.42. The van der Waals surface area contributed by atoms with Crippen molar-refractivity contribution in [2.24, 2.45) is 11.3 Å². The molecule has 1 heterocycles. The van der Waals surface area contributed by atoms with Gasteiger partial charge in [0.25, 0.3) is 0 Å². The summed E-state index contributed by atoms with van der Waals surface area (Å²) >= 11 is 0. The number of hydrogen-bond acceptors (Lipinski definition) is 3. The molecule has 3 aliphatic rings. The minimum Gasteiger partial charge on any atom is -0.394 e. The summed E-state index contributed by atoms with van der Waals surface area (Å²) in [4.78, 5) is 0. The average molecular weight is 409 g/mol. The number of hydrogen-bond donors (Lipinski definition) is 2. The molecule has 3 heteroatoms. The van der Waals surface area contributed by atoms with Crippen molar-refractivity contribution in [2.45, 2.75) is 147 Å². The van der Waals surface area contributed by atoms with Crippen LogP contribution in [0, 0.1) is 11.3 Å². The van der Waals surface area contributed by atoms with Crippen molar-refractivity contribution in [1.82, 2.24) is 0 Å². The summed E-state index contributed by atoms with van der Waals surface area (Å²) in [5.74, 6) is 0.873. The Kier molecular flexibility index (Phi) is 8.49. The van der Waals surface area contributed by atoms with Crippen molar-refractivity contribution >= 4 is 0 Å². The molecule has 2 aliphatic carbocycles. The van der Waals surface area contributed by atoms with Gasteiger partial charge in [-0.1, -0.05) is 104 Å². The van der Waals surface area contributed by atoms with Gasteiger partial charge in [-0.3, -0.25) is 0 Å². The van der Waals surface area contributed by atoms with Crippen LogP contribution in [0.5, 0.6) is 0 Å². The van der Waals surface area contributed by atoms with Crippen LogP contribution in [0.4, 0.5) is 0 Å². The summed E-state index contributed by atoms with van der Waals surface area (Å²) in [6.45, 7) is 4.52. The Morgan fingerprint density at radius 2 is 1.24 bits per heavy atom. The van der Waals surface area contributed by atoms with Gasteiger partial charge in [0.1, 0.15) is 0 Å². The van der Waals surface area contributed by atoms with E-state index in [1.165, 1.54) is 103 Å². The second-order valence-electron chi connectivity index (χ2n) is 11.1. The molecule has 3 rings (SSSR count). The standard InChI is InChI=1S/C26H48O3/c1-22(2)16-14-12-10-8-6-4-3-5-7-9-11-13-15-17-25(18-23(28)19-27)24-20-26(24,21-24)29-25/h22-23,27-28H,3-21H2,1-2H3. The monoisotopic (exact) mass is 408 g/mol. The van der Waals surface area contributed by atoms with Gasteiger partial charge in [-0.05, 0) is 25.2 Å². The lowest BCUT2D eigenvalue weighted by Crippen LogP contribution is -2.48. The third-order valence-electron chi connectivity index (χ3n) is 8.20. The van der Waals surface area contributed by atoms with Crippen LogP contribution in [-0.4, -0.2) is 34.1 Å². The molecule has 3 nitrogen and oxygen atoms in total. The number of ether oxygens (including phenoxy) is 1. The Bertz CT molecular complexity index is 482. The first kappa shape index (κ1) is 23.5. The topological polar surface area (TPSA) is 49.7 Å². The highest BCUT2D eigenvalue weighted by Gasteiger charge is 3.00. The van der Waals surface area contributed by atoms with Gasteiger partial charge in [-0.25, -0.2) is 0 Å². The molecule has 0 aromatic rings. The zero-order valence-corrected chi connectivity index (χ0v) is 19.4. The fraction of sp³-hybridized carbons (Fsp3) is 1.00. The van der Waals surface area contributed by atoms with E-state index in [2.05, 4.69) is 13.8 Å². The second-order valence-corrected chi connectivity index (χ2v) is 11.1. The number of aliphatic hydroxyl groups excluding tert-OH is 2. The number of rotatable bonds is 19. The van der Waals surface area contributed by atoms with Gasteiger partial charge < -0.3 is 14.9 Å². The molecule has 1 saturated heterocycles. The third kappa shape index (κ3) is 5.57. The zero-order chi connectivity index (χ0) is 20.8. The maximum Gasteiger partial charge on any atom is 0.0801 e. The molecule has 2 atom stereocenters. The van der Waals surface area contributed by atoms with Gasteiger partial charge in [0.2, 0.25) is 0 Å². The van der Waals surface area contributed by atoms with E-state index < -0.39 is 6.10 Å². The molecule has 2 unspecified atom stereocenters. The van der Waals surface area contributed by atoms with Crippen LogP contribution < -0.4 is 0 Å². The first-order valence-corrected chi connectivity index (χ1v) is 13.0. The van der Waals surface area contributed by atoms with E-state index in [0.717, 1.165) is 12.3 Å². The van der Waals surface area contributed by atoms with Crippen molar-refractivity contribution in [3.8, 4) is 0 Å². The van der Waals surface area contributed by atoms with E-state index in [4.69, 9.17) is 4.74 Å². The second kappa shape index (κ2) is 10.5. The summed E-state index contributed by atoms with van der Waals surface area (Å²) in [6.07, 6.45) is 23.0. The smallest absolute Gasteiger partial charge is 0.0801 e. The lowest BCUT2D eigenvalue weighted by atomic mass is 9.79. The quantitative estimate of drug-likeness (QED) is 0.239. The maximum absolute atomic E-state index is 9.93. The van der Waals surface area contributed by atoms with E-state index in [9.17, 15) is 10.2 Å². The summed E-state index contributed by atoms with van der Waals surface area (Å²) in [6, 6.07) is 0. The molecule has 0 spiro atoms. The SMILES string of the molecule is CC(C)CCCCCCCCCCCCCCCC1(CC(O)CO)OC23CC12C3. The van der Waals surface area contributed by atoms with E-state index in [1.54, 1.807) is 0 Å². The fourth-order valence-electron chi connectivity index (χ4n) is 6.15. The van der Waals surface area contributed by atoms with Gasteiger partial charge in [-0.15, -0.1) is 0 Å². The highest BCUT2D eigenvalue weighted by Crippen LogP contribution is 2.95. The molecule has 0 aromatic carbocycles. The molecule has 1 aliphatic heterocycles. The van der Waals surface area contributed by atoms with E-state index in [0.29, 0.717) is 11.8 Å². The van der Waals surface area contributed by atoms with Crippen LogP contribution >= 0.6 is 0 Å². The Morgan fingerprint density at radius 3 is 1.62 bits per heavy atom. The molecular weight excluding hydrogens is 360 g/mol. The van der Waals surface area contributed by atoms with Crippen LogP contribution in [0.2, 0.25) is 0 Å². The predicted molar refractivity (Wildman–Crippen MR) is 120 cm³/mol. The largest absolute Gasteiger partial charge is 0.394 e. The minimum atomic E-state index is -0.608. The van der Waals surface area contributed by atoms with E-state index in [-0.39, 0.29) is 17.8 Å². The third-order valence-corrected chi connectivity index (χ3v) is 8.20. The maximum atomic E-state index is 9.93. The molecule has 170 valence electrons. The summed E-state index contributed by atoms with van der Waals surface area (Å²) in [5.41, 5.74) is 0.574. The van der Waals surface area contributed by atoms with Crippen LogP contribution in [-0.2, 0) is 4.74 Å². The van der Waals surface area contributed by atoms with Crippen molar-refractivity contribution in [2.75, 3.05) is 6.61 Å². The van der Waals surface area contributed by atoms with Gasteiger partial charge >= 0.3 is 0 Å².